The van der Waals surface area contributed by atoms with Crippen molar-refractivity contribution in [3.8, 4) is 0 Å². The van der Waals surface area contributed by atoms with Crippen LogP contribution in [-0.2, 0) is 0 Å². The van der Waals surface area contributed by atoms with Crippen molar-refractivity contribution in [2.45, 2.75) is 38.1 Å². The van der Waals surface area contributed by atoms with Crippen molar-refractivity contribution in [3.63, 3.8) is 0 Å². The zero-order valence-corrected chi connectivity index (χ0v) is 9.97. The van der Waals surface area contributed by atoms with Crippen molar-refractivity contribution in [1.82, 2.24) is 9.97 Å². The van der Waals surface area contributed by atoms with Crippen molar-refractivity contribution in [2.75, 3.05) is 16.9 Å². The topological polar surface area (TPSA) is 67.1 Å². The number of nitrogens with one attached hydrogen (secondary N) is 1. The van der Waals surface area contributed by atoms with Gasteiger partial charge in [-0.1, -0.05) is 6.42 Å². The van der Waals surface area contributed by atoms with Crippen LogP contribution in [0.5, 0.6) is 0 Å². The normalized spacial score (nSPS) is 27.9. The first kappa shape index (κ1) is 10.8. The fourth-order valence-corrected chi connectivity index (χ4v) is 3.30. The lowest BCUT2D eigenvalue weighted by Gasteiger charge is -2.38. The molecule has 1 aromatic rings. The van der Waals surface area contributed by atoms with Crippen LogP contribution in [0.4, 0.5) is 11.6 Å². The van der Waals surface area contributed by atoms with Gasteiger partial charge in [-0.15, -0.1) is 0 Å². The van der Waals surface area contributed by atoms with Gasteiger partial charge in [-0.3, -0.25) is 4.98 Å². The van der Waals surface area contributed by atoms with Gasteiger partial charge in [0.05, 0.1) is 12.4 Å². The molecule has 3 rings (SSSR count). The van der Waals surface area contributed by atoms with E-state index in [0.29, 0.717) is 11.9 Å². The van der Waals surface area contributed by atoms with Crippen LogP contribution in [0, 0.1) is 5.92 Å². The molecule has 2 unspecified atom stereocenters. The number of aromatic nitrogens is 2. The number of hydrogen-bond donors (Lipinski definition) is 2. The predicted molar refractivity (Wildman–Crippen MR) is 67.6 cm³/mol. The SMILES string of the molecule is NNc1cncc(N2CCCC3CCCC32)n1. The van der Waals surface area contributed by atoms with Gasteiger partial charge in [-0.25, -0.2) is 10.8 Å². The van der Waals surface area contributed by atoms with Gasteiger partial charge in [0.2, 0.25) is 0 Å². The van der Waals surface area contributed by atoms with Gasteiger partial charge in [0, 0.05) is 12.6 Å². The molecule has 1 saturated heterocycles. The minimum absolute atomic E-state index is 0.641. The van der Waals surface area contributed by atoms with Gasteiger partial charge in [0.15, 0.2) is 5.82 Å². The van der Waals surface area contributed by atoms with E-state index in [9.17, 15) is 0 Å². The number of hydrogen-bond acceptors (Lipinski definition) is 5. The highest BCUT2D eigenvalue weighted by Gasteiger charge is 2.35. The number of nitrogen functional groups attached to an aromatic ring is 1. The van der Waals surface area contributed by atoms with Crippen molar-refractivity contribution in [3.05, 3.63) is 12.4 Å². The van der Waals surface area contributed by atoms with Gasteiger partial charge in [0.25, 0.3) is 0 Å². The Hall–Kier alpha value is -1.36. The van der Waals surface area contributed by atoms with Gasteiger partial charge in [0.1, 0.15) is 5.82 Å². The maximum atomic E-state index is 5.38. The first-order chi connectivity index (χ1) is 8.38. The molecule has 0 radical (unpaired) electrons. The number of rotatable bonds is 2. The van der Waals surface area contributed by atoms with E-state index in [-0.39, 0.29) is 0 Å². The van der Waals surface area contributed by atoms with Crippen LogP contribution in [0.1, 0.15) is 32.1 Å². The molecule has 1 aliphatic heterocycles. The third-order valence-corrected chi connectivity index (χ3v) is 4.06. The highest BCUT2D eigenvalue weighted by atomic mass is 15.3. The number of piperidine rings is 1. The van der Waals surface area contributed by atoms with Crippen molar-refractivity contribution in [1.29, 1.82) is 0 Å². The summed E-state index contributed by atoms with van der Waals surface area (Å²) in [7, 11) is 0. The van der Waals surface area contributed by atoms with Gasteiger partial charge in [-0.05, 0) is 31.6 Å². The molecule has 1 aromatic heterocycles. The smallest absolute Gasteiger partial charge is 0.160 e. The molecule has 0 aromatic carbocycles. The summed E-state index contributed by atoms with van der Waals surface area (Å²) in [6.07, 6.45) is 10.2. The van der Waals surface area contributed by atoms with Crippen molar-refractivity contribution < 1.29 is 0 Å². The molecular weight excluding hydrogens is 214 g/mol. The Bertz CT molecular complexity index is 394. The van der Waals surface area contributed by atoms with Crippen LogP contribution >= 0.6 is 0 Å². The third kappa shape index (κ3) is 1.95. The van der Waals surface area contributed by atoms with Crippen LogP contribution < -0.4 is 16.2 Å². The number of hydrazine groups is 1. The molecule has 92 valence electrons. The van der Waals surface area contributed by atoms with Crippen LogP contribution in [0.15, 0.2) is 12.4 Å². The largest absolute Gasteiger partial charge is 0.352 e. The quantitative estimate of drug-likeness (QED) is 0.599. The number of fused-ring (bicyclic) bond motifs is 1. The molecule has 3 N–H and O–H groups in total. The molecule has 2 fully saturated rings. The Morgan fingerprint density at radius 1 is 1.24 bits per heavy atom. The molecular formula is C12H19N5. The summed E-state index contributed by atoms with van der Waals surface area (Å²) in [4.78, 5) is 11.1. The van der Waals surface area contributed by atoms with Crippen LogP contribution in [-0.4, -0.2) is 22.6 Å². The minimum atomic E-state index is 0.641. The highest BCUT2D eigenvalue weighted by Crippen LogP contribution is 2.38. The Labute approximate surface area is 101 Å². The Balaban J connectivity index is 1.86. The monoisotopic (exact) mass is 233 g/mol. The van der Waals surface area contributed by atoms with E-state index in [1.807, 2.05) is 6.20 Å². The average Bonchev–Trinajstić information content (AvgIpc) is 2.87. The molecule has 1 saturated carbocycles. The summed E-state index contributed by atoms with van der Waals surface area (Å²) < 4.78 is 0. The second-order valence-corrected chi connectivity index (χ2v) is 5.00. The van der Waals surface area contributed by atoms with E-state index < -0.39 is 0 Å². The molecule has 2 aliphatic rings. The summed E-state index contributed by atoms with van der Waals surface area (Å²) >= 11 is 0. The Morgan fingerprint density at radius 2 is 2.12 bits per heavy atom. The van der Waals surface area contributed by atoms with Crippen molar-refractivity contribution in [2.24, 2.45) is 11.8 Å². The fourth-order valence-electron chi connectivity index (χ4n) is 3.30. The van der Waals surface area contributed by atoms with E-state index in [4.69, 9.17) is 5.84 Å². The summed E-state index contributed by atoms with van der Waals surface area (Å²) in [5.41, 5.74) is 2.57. The summed E-state index contributed by atoms with van der Waals surface area (Å²) in [6, 6.07) is 0.672. The minimum Gasteiger partial charge on any atom is -0.352 e. The van der Waals surface area contributed by atoms with Gasteiger partial charge >= 0.3 is 0 Å². The standard InChI is InChI=1S/C12H19N5/c13-16-11-7-14-8-12(15-11)17-6-2-4-9-3-1-5-10(9)17/h7-10H,1-6,13H2,(H,15,16). The zero-order valence-electron chi connectivity index (χ0n) is 9.97. The lowest BCUT2D eigenvalue weighted by molar-refractivity contribution is 0.360. The number of anilines is 2. The maximum absolute atomic E-state index is 5.38. The van der Waals surface area contributed by atoms with Crippen LogP contribution in [0.3, 0.4) is 0 Å². The Kier molecular flexibility index (Phi) is 2.84. The first-order valence-corrected chi connectivity index (χ1v) is 6.44. The number of nitrogens with two attached hydrogens (primary N) is 1. The molecule has 5 nitrogen and oxygen atoms in total. The Morgan fingerprint density at radius 3 is 3.00 bits per heavy atom. The molecule has 17 heavy (non-hydrogen) atoms. The summed E-state index contributed by atoms with van der Waals surface area (Å²) in [5.74, 6) is 7.86. The van der Waals surface area contributed by atoms with E-state index in [1.165, 1.54) is 32.1 Å². The molecule has 0 amide bonds. The van der Waals surface area contributed by atoms with E-state index in [2.05, 4.69) is 20.3 Å². The molecule has 2 atom stereocenters. The molecule has 0 spiro atoms. The van der Waals surface area contributed by atoms with E-state index in [0.717, 1.165) is 18.3 Å². The molecule has 5 heteroatoms. The lowest BCUT2D eigenvalue weighted by atomic mass is 9.92. The van der Waals surface area contributed by atoms with E-state index >= 15 is 0 Å². The van der Waals surface area contributed by atoms with Gasteiger partial charge in [-0.2, -0.15) is 0 Å². The molecule has 0 bridgehead atoms. The fraction of sp³-hybridized carbons (Fsp3) is 0.667. The lowest BCUT2D eigenvalue weighted by Crippen LogP contribution is -2.43. The second-order valence-electron chi connectivity index (χ2n) is 5.00. The highest BCUT2D eigenvalue weighted by molar-refractivity contribution is 5.44. The maximum Gasteiger partial charge on any atom is 0.160 e. The van der Waals surface area contributed by atoms with E-state index in [1.54, 1.807) is 6.20 Å². The number of nitrogens with zero attached hydrogens (tertiary/aromatic N) is 3. The first-order valence-electron chi connectivity index (χ1n) is 6.44. The average molecular weight is 233 g/mol. The van der Waals surface area contributed by atoms with Gasteiger partial charge < -0.3 is 10.3 Å². The molecule has 2 heterocycles. The predicted octanol–water partition coefficient (Wildman–Crippen LogP) is 1.53. The van der Waals surface area contributed by atoms with Crippen LogP contribution in [0.25, 0.3) is 0 Å². The molecule has 1 aliphatic carbocycles. The zero-order chi connectivity index (χ0) is 11.7. The second kappa shape index (κ2) is 4.49. The third-order valence-electron chi connectivity index (χ3n) is 4.06. The van der Waals surface area contributed by atoms with Crippen LogP contribution in [0.2, 0.25) is 0 Å². The summed E-state index contributed by atoms with van der Waals surface area (Å²) in [6.45, 7) is 1.10. The van der Waals surface area contributed by atoms with Crippen molar-refractivity contribution >= 4 is 11.6 Å². The summed E-state index contributed by atoms with van der Waals surface area (Å²) in [5, 5.41) is 0.